The van der Waals surface area contributed by atoms with E-state index >= 15 is 0 Å². The van der Waals surface area contributed by atoms with Crippen LogP contribution >= 0.6 is 0 Å². The van der Waals surface area contributed by atoms with Gasteiger partial charge in [0.25, 0.3) is 0 Å². The molecule has 0 fully saturated rings. The highest BCUT2D eigenvalue weighted by Gasteiger charge is 2.07. The summed E-state index contributed by atoms with van der Waals surface area (Å²) in [4.78, 5) is 15.8. The number of nitrogens with one attached hydrogen (secondary N) is 1. The van der Waals surface area contributed by atoms with Crippen LogP contribution in [0.1, 0.15) is 17.7 Å². The maximum atomic E-state index is 11.4. The fourth-order valence-electron chi connectivity index (χ4n) is 1.69. The molecule has 0 spiro atoms. The largest absolute Gasteiger partial charge is 0.444 e. The molecule has 1 aromatic carbocycles. The fraction of sp³-hybridized carbons (Fsp3) is 0.333. The predicted octanol–water partition coefficient (Wildman–Crippen LogP) is 2.30. The number of carbonyl (C=O) groups is 1. The van der Waals surface area contributed by atoms with Crippen molar-refractivity contribution in [3.8, 4) is 11.5 Å². The van der Waals surface area contributed by atoms with Gasteiger partial charge < -0.3 is 14.5 Å². The van der Waals surface area contributed by atoms with Crippen LogP contribution in [0.25, 0.3) is 11.5 Å². The van der Waals surface area contributed by atoms with E-state index in [1.807, 2.05) is 31.2 Å². The zero-order chi connectivity index (χ0) is 14.4. The molecule has 5 nitrogen and oxygen atoms in total. The molecule has 0 atom stereocenters. The number of hydrogen-bond donors (Lipinski definition) is 1. The first-order valence-electron chi connectivity index (χ1n) is 6.46. The van der Waals surface area contributed by atoms with E-state index in [0.717, 1.165) is 5.56 Å². The second kappa shape index (κ2) is 6.86. The van der Waals surface area contributed by atoms with Crippen molar-refractivity contribution in [1.82, 2.24) is 10.3 Å². The van der Waals surface area contributed by atoms with Gasteiger partial charge in [-0.05, 0) is 19.1 Å². The van der Waals surface area contributed by atoms with Crippen LogP contribution in [0.4, 0.5) is 0 Å². The first-order chi connectivity index (χ1) is 9.69. The molecular formula is C15H18N2O3. The number of benzene rings is 1. The second-order valence-electron chi connectivity index (χ2n) is 4.53. The van der Waals surface area contributed by atoms with Gasteiger partial charge in [-0.25, -0.2) is 4.98 Å². The normalized spacial score (nSPS) is 10.5. The summed E-state index contributed by atoms with van der Waals surface area (Å²) in [6.45, 7) is 2.80. The average molecular weight is 274 g/mol. The van der Waals surface area contributed by atoms with Crippen molar-refractivity contribution in [1.29, 1.82) is 0 Å². The van der Waals surface area contributed by atoms with Crippen LogP contribution in [0.5, 0.6) is 0 Å². The van der Waals surface area contributed by atoms with Gasteiger partial charge in [0.2, 0.25) is 11.8 Å². The third-order valence-electron chi connectivity index (χ3n) is 2.85. The van der Waals surface area contributed by atoms with Gasteiger partial charge in [0, 0.05) is 19.1 Å². The van der Waals surface area contributed by atoms with Crippen LogP contribution in [0.2, 0.25) is 0 Å². The molecule has 1 heterocycles. The minimum atomic E-state index is -0.0632. The Bertz CT molecular complexity index is 561. The molecule has 1 N–H and O–H groups in total. The van der Waals surface area contributed by atoms with Crippen molar-refractivity contribution >= 4 is 5.91 Å². The zero-order valence-corrected chi connectivity index (χ0v) is 11.7. The molecule has 0 unspecified atom stereocenters. The van der Waals surface area contributed by atoms with Crippen molar-refractivity contribution in [2.45, 2.75) is 19.9 Å². The predicted molar refractivity (Wildman–Crippen MR) is 75.0 cm³/mol. The molecule has 0 aliphatic carbocycles. The highest BCUT2D eigenvalue weighted by atomic mass is 16.5. The van der Waals surface area contributed by atoms with E-state index < -0.39 is 0 Å². The Morgan fingerprint density at radius 3 is 2.80 bits per heavy atom. The van der Waals surface area contributed by atoms with Gasteiger partial charge in [-0.1, -0.05) is 17.7 Å². The summed E-state index contributed by atoms with van der Waals surface area (Å²) in [7, 11) is 1.57. The lowest BCUT2D eigenvalue weighted by Gasteiger charge is -2.01. The third-order valence-corrected chi connectivity index (χ3v) is 2.85. The zero-order valence-electron chi connectivity index (χ0n) is 11.7. The molecule has 106 valence electrons. The summed E-state index contributed by atoms with van der Waals surface area (Å²) >= 11 is 0. The molecule has 1 aromatic heterocycles. The first kappa shape index (κ1) is 14.3. The Kier molecular flexibility index (Phi) is 4.90. The van der Waals surface area contributed by atoms with Crippen molar-refractivity contribution in [2.24, 2.45) is 0 Å². The van der Waals surface area contributed by atoms with Crippen LogP contribution in [-0.2, 0) is 16.1 Å². The van der Waals surface area contributed by atoms with Gasteiger partial charge in [-0.15, -0.1) is 0 Å². The Morgan fingerprint density at radius 1 is 1.35 bits per heavy atom. The first-order valence-corrected chi connectivity index (χ1v) is 6.46. The molecule has 0 saturated carbocycles. The van der Waals surface area contributed by atoms with Gasteiger partial charge >= 0.3 is 0 Å². The molecule has 0 saturated heterocycles. The number of amides is 1. The monoisotopic (exact) mass is 274 g/mol. The Labute approximate surface area is 118 Å². The molecule has 1 amide bonds. The quantitative estimate of drug-likeness (QED) is 0.878. The Hall–Kier alpha value is -2.14. The topological polar surface area (TPSA) is 64.4 Å². The van der Waals surface area contributed by atoms with Crippen LogP contribution in [-0.4, -0.2) is 24.6 Å². The molecule has 0 bridgehead atoms. The SMILES string of the molecule is COCCC(=O)NCc1coc(-c2ccc(C)cc2)n1. The van der Waals surface area contributed by atoms with Crippen LogP contribution in [0.3, 0.4) is 0 Å². The van der Waals surface area contributed by atoms with Gasteiger partial charge in [0.05, 0.1) is 18.8 Å². The number of carbonyl (C=O) groups excluding carboxylic acids is 1. The van der Waals surface area contributed by atoms with Gasteiger partial charge in [-0.3, -0.25) is 4.79 Å². The summed E-state index contributed by atoms with van der Waals surface area (Å²) in [5.74, 6) is 0.498. The molecule has 5 heteroatoms. The molecule has 20 heavy (non-hydrogen) atoms. The maximum Gasteiger partial charge on any atom is 0.226 e. The fourth-order valence-corrected chi connectivity index (χ4v) is 1.69. The van der Waals surface area contributed by atoms with E-state index in [0.29, 0.717) is 31.2 Å². The Balaban J connectivity index is 1.92. The molecule has 2 aromatic rings. The number of methoxy groups -OCH3 is 1. The van der Waals surface area contributed by atoms with Gasteiger partial charge in [-0.2, -0.15) is 0 Å². The number of oxazole rings is 1. The third kappa shape index (κ3) is 3.93. The average Bonchev–Trinajstić information content (AvgIpc) is 2.92. The molecule has 0 radical (unpaired) electrons. The van der Waals surface area contributed by atoms with Crippen LogP contribution < -0.4 is 5.32 Å². The van der Waals surface area contributed by atoms with Gasteiger partial charge in [0.15, 0.2) is 0 Å². The number of rotatable bonds is 6. The van der Waals surface area contributed by atoms with E-state index in [9.17, 15) is 4.79 Å². The summed E-state index contributed by atoms with van der Waals surface area (Å²) in [6, 6.07) is 7.93. The number of hydrogen-bond acceptors (Lipinski definition) is 4. The van der Waals surface area contributed by atoms with Gasteiger partial charge in [0.1, 0.15) is 6.26 Å². The Morgan fingerprint density at radius 2 is 2.10 bits per heavy atom. The number of aryl methyl sites for hydroxylation is 1. The molecule has 2 rings (SSSR count). The highest BCUT2D eigenvalue weighted by molar-refractivity contribution is 5.75. The standard InChI is InChI=1S/C15H18N2O3/c1-11-3-5-12(6-4-11)15-17-13(10-20-15)9-16-14(18)7-8-19-2/h3-6,10H,7-9H2,1-2H3,(H,16,18). The maximum absolute atomic E-state index is 11.4. The minimum absolute atomic E-state index is 0.0632. The summed E-state index contributed by atoms with van der Waals surface area (Å²) in [5.41, 5.74) is 2.81. The van der Waals surface area contributed by atoms with E-state index in [1.54, 1.807) is 13.4 Å². The van der Waals surface area contributed by atoms with E-state index in [-0.39, 0.29) is 5.91 Å². The summed E-state index contributed by atoms with van der Waals surface area (Å²) < 4.78 is 10.3. The molecule has 0 aliphatic rings. The number of nitrogens with zero attached hydrogens (tertiary/aromatic N) is 1. The lowest BCUT2D eigenvalue weighted by atomic mass is 10.1. The minimum Gasteiger partial charge on any atom is -0.444 e. The van der Waals surface area contributed by atoms with Crippen molar-refractivity contribution in [2.75, 3.05) is 13.7 Å². The molecule has 0 aliphatic heterocycles. The summed E-state index contributed by atoms with van der Waals surface area (Å²) in [5, 5.41) is 2.77. The van der Waals surface area contributed by atoms with E-state index in [1.165, 1.54) is 5.56 Å². The molecular weight excluding hydrogens is 256 g/mol. The summed E-state index contributed by atoms with van der Waals surface area (Å²) in [6.07, 6.45) is 1.91. The van der Waals surface area contributed by atoms with E-state index in [2.05, 4.69) is 10.3 Å². The smallest absolute Gasteiger partial charge is 0.226 e. The van der Waals surface area contributed by atoms with Crippen LogP contribution in [0.15, 0.2) is 34.9 Å². The lowest BCUT2D eigenvalue weighted by Crippen LogP contribution is -2.23. The van der Waals surface area contributed by atoms with Crippen molar-refractivity contribution in [3.63, 3.8) is 0 Å². The number of ether oxygens (including phenoxy) is 1. The number of aromatic nitrogens is 1. The second-order valence-corrected chi connectivity index (χ2v) is 4.53. The van der Waals surface area contributed by atoms with Crippen LogP contribution in [0, 0.1) is 6.92 Å². The lowest BCUT2D eigenvalue weighted by molar-refractivity contribution is -0.122. The van der Waals surface area contributed by atoms with Crippen molar-refractivity contribution in [3.05, 3.63) is 41.8 Å². The highest BCUT2D eigenvalue weighted by Crippen LogP contribution is 2.18. The van der Waals surface area contributed by atoms with Crippen molar-refractivity contribution < 1.29 is 13.9 Å². The van der Waals surface area contributed by atoms with E-state index in [4.69, 9.17) is 9.15 Å².